The van der Waals surface area contributed by atoms with Crippen LogP contribution in [0.25, 0.3) is 11.1 Å². The van der Waals surface area contributed by atoms with Gasteiger partial charge in [-0.15, -0.1) is 0 Å². The molecule has 190 valence electrons. The number of carbonyl (C=O) groups excluding carboxylic acids is 2. The van der Waals surface area contributed by atoms with Gasteiger partial charge in [-0.25, -0.2) is 0 Å². The number of hydrogen-bond donors (Lipinski definition) is 2. The Hall–Kier alpha value is -2.90. The van der Waals surface area contributed by atoms with Gasteiger partial charge in [0.05, 0.1) is 0 Å². The van der Waals surface area contributed by atoms with Crippen LogP contribution >= 0.6 is 0 Å². The first-order valence-corrected chi connectivity index (χ1v) is 13.7. The van der Waals surface area contributed by atoms with E-state index in [1.807, 2.05) is 0 Å². The van der Waals surface area contributed by atoms with Crippen LogP contribution in [0.3, 0.4) is 0 Å². The minimum absolute atomic E-state index is 0.0109. The van der Waals surface area contributed by atoms with Crippen LogP contribution in [0.2, 0.25) is 0 Å². The molecular weight excluding hydrogens is 496 g/mol. The zero-order chi connectivity index (χ0) is 26.2. The maximum absolute atomic E-state index is 11.5. The second kappa shape index (κ2) is 12.2. The molecule has 0 saturated heterocycles. The summed E-state index contributed by atoms with van der Waals surface area (Å²) in [5, 5.41) is 0. The first kappa shape index (κ1) is 28.3. The van der Waals surface area contributed by atoms with Crippen molar-refractivity contribution < 1.29 is 35.5 Å². The molecule has 2 aromatic carbocycles. The summed E-state index contributed by atoms with van der Waals surface area (Å²) in [5.41, 5.74) is 0.383. The van der Waals surface area contributed by atoms with E-state index in [0.717, 1.165) is 32.1 Å². The van der Waals surface area contributed by atoms with Gasteiger partial charge in [-0.2, -0.15) is 16.8 Å². The van der Waals surface area contributed by atoms with Crippen molar-refractivity contribution in [3.8, 4) is 11.1 Å². The SMILES string of the molecule is CCN(CC)CCCN1C(=O)C=CC1=O.O=S(=O)(O)c1cccc(-c2ccccc2)c1S(=O)(=O)O. The van der Waals surface area contributed by atoms with E-state index in [9.17, 15) is 31.0 Å². The molecular formula is C23H28N2O8S2. The maximum Gasteiger partial charge on any atom is 0.296 e. The molecule has 0 radical (unpaired) electrons. The highest BCUT2D eigenvalue weighted by atomic mass is 32.2. The Kier molecular flexibility index (Phi) is 9.86. The largest absolute Gasteiger partial charge is 0.304 e. The summed E-state index contributed by atoms with van der Waals surface area (Å²) in [7, 11) is -9.62. The van der Waals surface area contributed by atoms with Crippen molar-refractivity contribution in [3.05, 3.63) is 60.7 Å². The summed E-state index contributed by atoms with van der Waals surface area (Å²) in [6.07, 6.45) is 3.51. The molecule has 12 heteroatoms. The van der Waals surface area contributed by atoms with Crippen LogP contribution in [0.5, 0.6) is 0 Å². The van der Waals surface area contributed by atoms with E-state index in [1.54, 1.807) is 30.3 Å². The summed E-state index contributed by atoms with van der Waals surface area (Å²) < 4.78 is 63.9. The fourth-order valence-electron chi connectivity index (χ4n) is 3.47. The summed E-state index contributed by atoms with van der Waals surface area (Å²) in [6, 6.07) is 11.6. The molecule has 0 aliphatic carbocycles. The number of hydrogen-bond acceptors (Lipinski definition) is 7. The highest BCUT2D eigenvalue weighted by molar-refractivity contribution is 7.89. The number of benzene rings is 2. The molecule has 35 heavy (non-hydrogen) atoms. The zero-order valence-corrected chi connectivity index (χ0v) is 21.0. The van der Waals surface area contributed by atoms with Gasteiger partial charge in [-0.05, 0) is 37.7 Å². The molecule has 1 aliphatic rings. The van der Waals surface area contributed by atoms with Crippen molar-refractivity contribution in [2.24, 2.45) is 0 Å². The standard InChI is InChI=1S/C12H10O6S2.C11H18N2O2/c13-19(14,15)11-8-4-7-10(12(11)20(16,17)18)9-5-2-1-3-6-9;1-3-12(4-2)8-5-9-13-10(14)6-7-11(13)15/h1-8H,(H,13,14,15)(H,16,17,18);6-7H,3-5,8-9H2,1-2H3. The third-order valence-electron chi connectivity index (χ3n) is 5.25. The van der Waals surface area contributed by atoms with Gasteiger partial charge in [-0.1, -0.05) is 56.3 Å². The van der Waals surface area contributed by atoms with Crippen molar-refractivity contribution >= 4 is 32.1 Å². The average Bonchev–Trinajstić information content (AvgIpc) is 3.13. The van der Waals surface area contributed by atoms with Gasteiger partial charge >= 0.3 is 0 Å². The van der Waals surface area contributed by atoms with Gasteiger partial charge in [-0.3, -0.25) is 23.6 Å². The Morgan fingerprint density at radius 3 is 1.86 bits per heavy atom. The molecule has 0 saturated carbocycles. The minimum atomic E-state index is -4.83. The predicted molar refractivity (Wildman–Crippen MR) is 130 cm³/mol. The second-order valence-electron chi connectivity index (χ2n) is 7.49. The van der Waals surface area contributed by atoms with E-state index < -0.39 is 30.0 Å². The van der Waals surface area contributed by atoms with Crippen LogP contribution in [0.1, 0.15) is 20.3 Å². The molecule has 0 aromatic heterocycles. The number of nitrogens with zero attached hydrogens (tertiary/aromatic N) is 2. The lowest BCUT2D eigenvalue weighted by atomic mass is 10.1. The van der Waals surface area contributed by atoms with Gasteiger partial charge < -0.3 is 4.90 Å². The third-order valence-corrected chi connectivity index (χ3v) is 7.23. The third kappa shape index (κ3) is 7.80. The topological polar surface area (TPSA) is 149 Å². The monoisotopic (exact) mass is 524 g/mol. The van der Waals surface area contributed by atoms with Crippen molar-refractivity contribution in [3.63, 3.8) is 0 Å². The van der Waals surface area contributed by atoms with Crippen molar-refractivity contribution in [2.45, 2.75) is 30.1 Å². The zero-order valence-electron chi connectivity index (χ0n) is 19.4. The maximum atomic E-state index is 11.5. The summed E-state index contributed by atoms with van der Waals surface area (Å²) in [4.78, 5) is 24.3. The molecule has 0 spiro atoms. The van der Waals surface area contributed by atoms with Gasteiger partial charge in [0.15, 0.2) is 0 Å². The predicted octanol–water partition coefficient (Wildman–Crippen LogP) is 2.49. The second-order valence-corrected chi connectivity index (χ2v) is 10.2. The van der Waals surface area contributed by atoms with E-state index in [0.29, 0.717) is 12.1 Å². The molecule has 0 bridgehead atoms. The Morgan fingerprint density at radius 2 is 1.37 bits per heavy atom. The molecule has 1 aliphatic heterocycles. The molecule has 2 aromatic rings. The molecule has 3 rings (SSSR count). The first-order valence-electron chi connectivity index (χ1n) is 10.8. The Morgan fingerprint density at radius 1 is 0.800 bits per heavy atom. The Labute approximate surface area is 205 Å². The molecule has 10 nitrogen and oxygen atoms in total. The molecule has 2 N–H and O–H groups in total. The lowest BCUT2D eigenvalue weighted by Gasteiger charge is -2.19. The summed E-state index contributed by atoms with van der Waals surface area (Å²) >= 11 is 0. The molecule has 2 amide bonds. The fourth-order valence-corrected chi connectivity index (χ4v) is 5.49. The number of rotatable bonds is 9. The van der Waals surface area contributed by atoms with Crippen LogP contribution in [-0.4, -0.2) is 73.7 Å². The average molecular weight is 525 g/mol. The first-order chi connectivity index (χ1) is 16.4. The van der Waals surface area contributed by atoms with E-state index >= 15 is 0 Å². The van der Waals surface area contributed by atoms with Gasteiger partial charge in [0.25, 0.3) is 32.1 Å². The quantitative estimate of drug-likeness (QED) is 0.373. The minimum Gasteiger partial charge on any atom is -0.304 e. The normalized spacial score (nSPS) is 13.8. The van der Waals surface area contributed by atoms with Gasteiger partial charge in [0, 0.05) is 24.3 Å². The molecule has 0 fully saturated rings. The van der Waals surface area contributed by atoms with E-state index in [4.69, 9.17) is 4.55 Å². The smallest absolute Gasteiger partial charge is 0.296 e. The molecule has 1 heterocycles. The van der Waals surface area contributed by atoms with Crippen LogP contribution < -0.4 is 0 Å². The fraction of sp³-hybridized carbons (Fsp3) is 0.304. The number of imide groups is 1. The lowest BCUT2D eigenvalue weighted by Crippen LogP contribution is -2.33. The number of amides is 2. The van der Waals surface area contributed by atoms with Gasteiger partial charge in [0.2, 0.25) is 0 Å². The highest BCUT2D eigenvalue weighted by Crippen LogP contribution is 2.32. The molecule has 0 atom stereocenters. The highest BCUT2D eigenvalue weighted by Gasteiger charge is 2.27. The van der Waals surface area contributed by atoms with Gasteiger partial charge in [0.1, 0.15) is 9.79 Å². The van der Waals surface area contributed by atoms with Crippen LogP contribution in [0, 0.1) is 0 Å². The van der Waals surface area contributed by atoms with Crippen LogP contribution in [-0.2, 0) is 29.8 Å². The molecule has 0 unspecified atom stereocenters. The van der Waals surface area contributed by atoms with E-state index in [2.05, 4.69) is 18.7 Å². The van der Waals surface area contributed by atoms with E-state index in [-0.39, 0.29) is 17.4 Å². The van der Waals surface area contributed by atoms with Crippen molar-refractivity contribution in [1.29, 1.82) is 0 Å². The Balaban J connectivity index is 0.000000258. The van der Waals surface area contributed by atoms with E-state index in [1.165, 1.54) is 29.2 Å². The van der Waals surface area contributed by atoms with Crippen LogP contribution in [0.15, 0.2) is 70.5 Å². The van der Waals surface area contributed by atoms with Crippen LogP contribution in [0.4, 0.5) is 0 Å². The summed E-state index contributed by atoms with van der Waals surface area (Å²) in [5.74, 6) is -0.362. The summed E-state index contributed by atoms with van der Waals surface area (Å²) in [6.45, 7) is 7.70. The van der Waals surface area contributed by atoms with Crippen molar-refractivity contribution in [2.75, 3.05) is 26.2 Å². The Bertz CT molecular complexity index is 1270. The lowest BCUT2D eigenvalue weighted by molar-refractivity contribution is -0.136. The van der Waals surface area contributed by atoms with Crippen molar-refractivity contribution in [1.82, 2.24) is 9.80 Å². The number of carbonyl (C=O) groups is 2.